The normalized spacial score (nSPS) is 25.5. The third-order valence-corrected chi connectivity index (χ3v) is 7.34. The van der Waals surface area contributed by atoms with Crippen LogP contribution >= 0.6 is 23.4 Å². The van der Waals surface area contributed by atoms with Gasteiger partial charge >= 0.3 is 6.09 Å². The SMILES string of the molecule is CCSc1nc2c3c(nc(Cl)c(F)c3n1)O[C@H](C(F)F)[C@@H]1[C@@H]3CC[C@H](CN21)N3C(=O)OC(C)(C)C. The van der Waals surface area contributed by atoms with Crippen LogP contribution in [0.4, 0.5) is 23.8 Å². The number of hydrogen-bond acceptors (Lipinski definition) is 8. The number of fused-ring (bicyclic) bond motifs is 5. The molecule has 2 fully saturated rings. The maximum Gasteiger partial charge on any atom is 0.410 e. The summed E-state index contributed by atoms with van der Waals surface area (Å²) in [7, 11) is 0. The van der Waals surface area contributed by atoms with E-state index < -0.39 is 47.3 Å². The minimum absolute atomic E-state index is 0.102. The molecule has 5 rings (SSSR count). The van der Waals surface area contributed by atoms with E-state index in [9.17, 15) is 13.6 Å². The molecule has 0 N–H and O–H groups in total. The first-order valence-corrected chi connectivity index (χ1v) is 12.8. The topological polar surface area (TPSA) is 80.7 Å². The van der Waals surface area contributed by atoms with E-state index >= 15 is 4.39 Å². The van der Waals surface area contributed by atoms with E-state index in [1.807, 2.05) is 6.92 Å². The van der Waals surface area contributed by atoms with Gasteiger partial charge in [-0.15, -0.1) is 0 Å². The number of halogens is 4. The number of pyridine rings is 1. The van der Waals surface area contributed by atoms with Crippen molar-refractivity contribution < 1.29 is 27.4 Å². The van der Waals surface area contributed by atoms with Crippen LogP contribution in [0.25, 0.3) is 10.9 Å². The lowest BCUT2D eigenvalue weighted by Crippen LogP contribution is -2.67. The fourth-order valence-corrected chi connectivity index (χ4v) is 5.90. The third-order valence-electron chi connectivity index (χ3n) is 6.36. The zero-order chi connectivity index (χ0) is 25.2. The molecule has 190 valence electrons. The van der Waals surface area contributed by atoms with Crippen molar-refractivity contribution in [2.45, 2.75) is 81.9 Å². The number of alkyl halides is 2. The summed E-state index contributed by atoms with van der Waals surface area (Å²) in [5.41, 5.74) is -0.869. The quantitative estimate of drug-likeness (QED) is 0.314. The lowest BCUT2D eigenvalue weighted by molar-refractivity contribution is -0.0371. The Bertz CT molecular complexity index is 1180. The fourth-order valence-electron chi connectivity index (χ4n) is 5.17. The average Bonchev–Trinajstić information content (AvgIpc) is 3.01. The third kappa shape index (κ3) is 4.12. The number of rotatable bonds is 3. The van der Waals surface area contributed by atoms with E-state index in [1.54, 1.807) is 30.6 Å². The number of carbonyl (C=O) groups is 1. The Morgan fingerprint density at radius 3 is 2.69 bits per heavy atom. The van der Waals surface area contributed by atoms with E-state index in [-0.39, 0.29) is 35.2 Å². The van der Waals surface area contributed by atoms with Gasteiger partial charge < -0.3 is 14.4 Å². The molecule has 1 amide bonds. The molecule has 0 aliphatic carbocycles. The highest BCUT2D eigenvalue weighted by Gasteiger charge is 2.56. The van der Waals surface area contributed by atoms with Gasteiger partial charge in [0.2, 0.25) is 5.88 Å². The Morgan fingerprint density at radius 1 is 1.29 bits per heavy atom. The molecule has 2 saturated heterocycles. The second-order valence-electron chi connectivity index (χ2n) is 9.75. The zero-order valence-electron chi connectivity index (χ0n) is 19.6. The van der Waals surface area contributed by atoms with Gasteiger partial charge in [-0.25, -0.2) is 27.9 Å². The predicted molar refractivity (Wildman–Crippen MR) is 125 cm³/mol. The zero-order valence-corrected chi connectivity index (χ0v) is 21.2. The molecule has 3 aliphatic rings. The highest BCUT2D eigenvalue weighted by Crippen LogP contribution is 2.46. The smallest absolute Gasteiger partial charge is 0.410 e. The Labute approximate surface area is 209 Å². The van der Waals surface area contributed by atoms with Gasteiger partial charge in [0, 0.05) is 6.54 Å². The van der Waals surface area contributed by atoms with Crippen LogP contribution in [0.1, 0.15) is 40.5 Å². The fraction of sp³-hybridized carbons (Fsp3) is 0.636. The van der Waals surface area contributed by atoms with Crippen molar-refractivity contribution in [3.05, 3.63) is 11.0 Å². The Kier molecular flexibility index (Phi) is 6.10. The number of hydrogen-bond donors (Lipinski definition) is 0. The number of amides is 1. The Balaban J connectivity index is 1.68. The van der Waals surface area contributed by atoms with E-state index in [4.69, 9.17) is 21.1 Å². The highest BCUT2D eigenvalue weighted by atomic mass is 35.5. The molecule has 0 aromatic carbocycles. The van der Waals surface area contributed by atoms with Crippen molar-refractivity contribution in [2.75, 3.05) is 17.2 Å². The molecule has 3 aliphatic heterocycles. The van der Waals surface area contributed by atoms with Crippen LogP contribution in [0.3, 0.4) is 0 Å². The molecule has 0 saturated carbocycles. The first-order valence-electron chi connectivity index (χ1n) is 11.4. The van der Waals surface area contributed by atoms with Crippen LogP contribution in [0.5, 0.6) is 5.88 Å². The van der Waals surface area contributed by atoms with Gasteiger partial charge in [-0.2, -0.15) is 4.98 Å². The molecule has 4 atom stereocenters. The molecule has 8 nitrogen and oxygen atoms in total. The van der Waals surface area contributed by atoms with E-state index in [0.717, 1.165) is 0 Å². The standard InChI is InChI=1S/C22H25ClF3N5O3S/c1-5-35-20-27-13-11-18(29-20)30-8-9-6-7-10(31(9)21(32)34-22(2,3)4)14(30)15(17(25)26)33-19(11)28-16(23)12(13)24/h9-10,14-15,17H,5-8H2,1-4H3/t9-,10+,14+,15+/m1/s1. The average molecular weight is 532 g/mol. The number of nitrogens with zero attached hydrogens (tertiary/aromatic N) is 5. The van der Waals surface area contributed by atoms with Crippen LogP contribution in [0.2, 0.25) is 5.15 Å². The monoisotopic (exact) mass is 531 g/mol. The van der Waals surface area contributed by atoms with Gasteiger partial charge in [0.15, 0.2) is 22.2 Å². The Morgan fingerprint density at radius 2 is 2.03 bits per heavy atom. The second kappa shape index (κ2) is 8.72. The van der Waals surface area contributed by atoms with Gasteiger partial charge in [-0.1, -0.05) is 30.3 Å². The van der Waals surface area contributed by atoms with Crippen LogP contribution in [-0.2, 0) is 4.74 Å². The minimum atomic E-state index is -2.92. The van der Waals surface area contributed by atoms with Crippen molar-refractivity contribution >= 4 is 46.2 Å². The van der Waals surface area contributed by atoms with Crippen molar-refractivity contribution in [2.24, 2.45) is 0 Å². The van der Waals surface area contributed by atoms with Gasteiger partial charge in [0.1, 0.15) is 22.3 Å². The molecular formula is C22H25ClF3N5O3S. The van der Waals surface area contributed by atoms with Crippen LogP contribution < -0.4 is 9.64 Å². The molecule has 5 heterocycles. The molecule has 2 aromatic heterocycles. The van der Waals surface area contributed by atoms with Gasteiger partial charge in [0.05, 0.1) is 18.1 Å². The molecule has 13 heteroatoms. The molecule has 0 spiro atoms. The number of ether oxygens (including phenoxy) is 2. The maximum atomic E-state index is 15.1. The summed E-state index contributed by atoms with van der Waals surface area (Å²) in [6.07, 6.45) is -4.05. The Hall–Kier alpha value is -2.21. The first-order chi connectivity index (χ1) is 16.5. The number of carbonyl (C=O) groups excluding carboxylic acids is 1. The second-order valence-corrected chi connectivity index (χ2v) is 11.3. The maximum absolute atomic E-state index is 15.1. The summed E-state index contributed by atoms with van der Waals surface area (Å²) in [6, 6.07) is -1.87. The van der Waals surface area contributed by atoms with Gasteiger partial charge in [-0.3, -0.25) is 4.90 Å². The summed E-state index contributed by atoms with van der Waals surface area (Å²) in [5.74, 6) is -0.222. The lowest BCUT2D eigenvalue weighted by Gasteiger charge is -2.48. The van der Waals surface area contributed by atoms with Crippen molar-refractivity contribution in [3.8, 4) is 5.88 Å². The molecule has 35 heavy (non-hydrogen) atoms. The summed E-state index contributed by atoms with van der Waals surface area (Å²) in [5, 5.41) is -0.127. The summed E-state index contributed by atoms with van der Waals surface area (Å²) in [4.78, 5) is 29.2. The van der Waals surface area contributed by atoms with E-state index in [1.165, 1.54) is 11.8 Å². The lowest BCUT2D eigenvalue weighted by atomic mass is 9.97. The number of anilines is 1. The molecule has 2 aromatic rings. The highest BCUT2D eigenvalue weighted by molar-refractivity contribution is 7.99. The van der Waals surface area contributed by atoms with Crippen LogP contribution in [0, 0.1) is 5.82 Å². The van der Waals surface area contributed by atoms with E-state index in [2.05, 4.69) is 15.0 Å². The van der Waals surface area contributed by atoms with Crippen molar-refractivity contribution in [1.82, 2.24) is 19.9 Å². The summed E-state index contributed by atoms with van der Waals surface area (Å²) < 4.78 is 55.4. The first kappa shape index (κ1) is 24.5. The predicted octanol–water partition coefficient (Wildman–Crippen LogP) is 4.91. The number of piperazine rings is 1. The molecule has 0 radical (unpaired) electrons. The van der Waals surface area contributed by atoms with E-state index in [0.29, 0.717) is 23.8 Å². The summed E-state index contributed by atoms with van der Waals surface area (Å²) >= 11 is 7.29. The van der Waals surface area contributed by atoms with Crippen molar-refractivity contribution in [3.63, 3.8) is 0 Å². The largest absolute Gasteiger partial charge is 0.465 e. The van der Waals surface area contributed by atoms with Crippen LogP contribution in [0.15, 0.2) is 5.16 Å². The number of aromatic nitrogens is 3. The van der Waals surface area contributed by atoms with Crippen molar-refractivity contribution in [1.29, 1.82) is 0 Å². The van der Waals surface area contributed by atoms with Crippen LogP contribution in [-0.4, -0.2) is 74.5 Å². The molecule has 2 bridgehead atoms. The van der Waals surface area contributed by atoms with Gasteiger partial charge in [-0.05, 0) is 39.4 Å². The molecular weight excluding hydrogens is 507 g/mol. The minimum Gasteiger partial charge on any atom is -0.465 e. The summed E-state index contributed by atoms with van der Waals surface area (Å²) in [6.45, 7) is 7.37. The molecule has 0 unspecified atom stereocenters. The number of thioether (sulfide) groups is 1. The van der Waals surface area contributed by atoms with Gasteiger partial charge in [0.25, 0.3) is 6.43 Å².